The summed E-state index contributed by atoms with van der Waals surface area (Å²) in [4.78, 5) is 16.1. The second-order valence-electron chi connectivity index (χ2n) is 6.68. The summed E-state index contributed by atoms with van der Waals surface area (Å²) in [5.74, 6) is -1.84. The maximum atomic E-state index is 11.7. The summed E-state index contributed by atoms with van der Waals surface area (Å²) < 4.78 is 11.1. The monoisotopic (exact) mass is 397 g/mol. The van der Waals surface area contributed by atoms with Crippen molar-refractivity contribution >= 4 is 11.7 Å². The summed E-state index contributed by atoms with van der Waals surface area (Å²) in [6.45, 7) is 4.20. The summed E-state index contributed by atoms with van der Waals surface area (Å²) in [7, 11) is 0. The molecule has 1 unspecified atom stereocenters. The normalized spacial score (nSPS) is 13.7. The molecule has 2 rings (SSSR count). The molecule has 0 aliphatic carbocycles. The molecular weight excluding hydrogens is 370 g/mol. The number of ether oxygens (including phenoxy) is 2. The van der Waals surface area contributed by atoms with Crippen molar-refractivity contribution in [2.45, 2.75) is 27.0 Å². The maximum Gasteiger partial charge on any atom is 0.340 e. The van der Waals surface area contributed by atoms with Crippen LogP contribution in [0.5, 0.6) is 0 Å². The molecule has 0 bridgehead atoms. The fourth-order valence-corrected chi connectivity index (χ4v) is 2.79. The Labute approximate surface area is 171 Å². The molecule has 0 radical (unpaired) electrons. The molecule has 0 aliphatic rings. The molecule has 0 heterocycles. The first-order valence-electron chi connectivity index (χ1n) is 9.40. The maximum absolute atomic E-state index is 11.7. The third kappa shape index (κ3) is 7.52. The van der Waals surface area contributed by atoms with Gasteiger partial charge in [0.2, 0.25) is 0 Å². The Morgan fingerprint density at radius 3 is 2.10 bits per heavy atom. The van der Waals surface area contributed by atoms with Crippen LogP contribution in [-0.4, -0.2) is 35.3 Å². The molecule has 0 saturated heterocycles. The molecule has 1 atom stereocenters. The number of nitrogens with zero attached hydrogens (tertiary/aromatic N) is 1. The van der Waals surface area contributed by atoms with E-state index in [1.807, 2.05) is 67.6 Å². The van der Waals surface area contributed by atoms with E-state index in [9.17, 15) is 15.0 Å². The van der Waals surface area contributed by atoms with Crippen LogP contribution in [-0.2, 0) is 27.4 Å². The number of aliphatic hydroxyl groups is 1. The van der Waals surface area contributed by atoms with Gasteiger partial charge in [-0.2, -0.15) is 0 Å². The molecule has 0 spiro atoms. The van der Waals surface area contributed by atoms with E-state index in [4.69, 9.17) is 9.47 Å². The number of benzene rings is 2. The summed E-state index contributed by atoms with van der Waals surface area (Å²) in [5.41, 5.74) is 2.09. The van der Waals surface area contributed by atoms with E-state index in [2.05, 4.69) is 4.99 Å². The number of carboxylic acids is 1. The van der Waals surface area contributed by atoms with Crippen molar-refractivity contribution in [3.05, 3.63) is 83.1 Å². The van der Waals surface area contributed by atoms with Gasteiger partial charge in [-0.05, 0) is 18.1 Å². The number of carbonyl (C=O) groups is 1. The first-order valence-corrected chi connectivity index (χ1v) is 9.40. The van der Waals surface area contributed by atoms with Gasteiger partial charge in [-0.25, -0.2) is 4.79 Å². The SMILES string of the molecule is CC(O)=C(C(=O)O)C(=NCc1ccccc1)C(C)COCOCc1ccccc1. The van der Waals surface area contributed by atoms with E-state index in [1.54, 1.807) is 0 Å². The molecule has 0 aliphatic heterocycles. The molecule has 29 heavy (non-hydrogen) atoms. The number of rotatable bonds is 11. The number of aliphatic carboxylic acids is 1. The minimum Gasteiger partial charge on any atom is -0.512 e. The number of aliphatic imine (C=N–C) groups is 1. The van der Waals surface area contributed by atoms with E-state index in [0.29, 0.717) is 18.9 Å². The number of aliphatic hydroxyl groups excluding tert-OH is 1. The first-order chi connectivity index (χ1) is 14.0. The van der Waals surface area contributed by atoms with Gasteiger partial charge in [0.05, 0.1) is 25.5 Å². The van der Waals surface area contributed by atoms with Gasteiger partial charge < -0.3 is 19.7 Å². The van der Waals surface area contributed by atoms with Crippen molar-refractivity contribution in [2.75, 3.05) is 13.4 Å². The Kier molecular flexibility index (Phi) is 9.08. The van der Waals surface area contributed by atoms with Crippen LogP contribution in [0.3, 0.4) is 0 Å². The smallest absolute Gasteiger partial charge is 0.340 e. The average Bonchev–Trinajstić information content (AvgIpc) is 2.71. The minimum atomic E-state index is -1.22. The van der Waals surface area contributed by atoms with Crippen LogP contribution in [0.25, 0.3) is 0 Å². The lowest BCUT2D eigenvalue weighted by atomic mass is 9.97. The highest BCUT2D eigenvalue weighted by Gasteiger charge is 2.24. The zero-order valence-electron chi connectivity index (χ0n) is 16.7. The zero-order valence-corrected chi connectivity index (χ0v) is 16.7. The first kappa shape index (κ1) is 22.3. The van der Waals surface area contributed by atoms with E-state index < -0.39 is 5.97 Å². The lowest BCUT2D eigenvalue weighted by Crippen LogP contribution is -2.25. The Balaban J connectivity index is 1.99. The molecule has 0 aromatic heterocycles. The summed E-state index contributed by atoms with van der Waals surface area (Å²) in [6, 6.07) is 19.3. The number of allylic oxidation sites excluding steroid dienone is 1. The highest BCUT2D eigenvalue weighted by molar-refractivity contribution is 6.20. The van der Waals surface area contributed by atoms with Gasteiger partial charge in [0.15, 0.2) is 0 Å². The minimum absolute atomic E-state index is 0.0788. The van der Waals surface area contributed by atoms with Crippen molar-refractivity contribution in [1.29, 1.82) is 0 Å². The van der Waals surface area contributed by atoms with Crippen LogP contribution in [0, 0.1) is 5.92 Å². The van der Waals surface area contributed by atoms with E-state index in [0.717, 1.165) is 11.1 Å². The molecular formula is C23H27NO5. The molecule has 6 heteroatoms. The van der Waals surface area contributed by atoms with Crippen molar-refractivity contribution in [2.24, 2.45) is 10.9 Å². The van der Waals surface area contributed by atoms with Crippen molar-refractivity contribution in [1.82, 2.24) is 0 Å². The molecule has 0 amide bonds. The van der Waals surface area contributed by atoms with Gasteiger partial charge in [0.1, 0.15) is 18.1 Å². The van der Waals surface area contributed by atoms with Gasteiger partial charge in [0.25, 0.3) is 0 Å². The Morgan fingerprint density at radius 1 is 0.966 bits per heavy atom. The predicted molar refractivity (Wildman–Crippen MR) is 112 cm³/mol. The Hall–Kier alpha value is -2.96. The van der Waals surface area contributed by atoms with E-state index in [1.165, 1.54) is 6.92 Å². The van der Waals surface area contributed by atoms with Gasteiger partial charge in [0, 0.05) is 5.92 Å². The van der Waals surface area contributed by atoms with Crippen molar-refractivity contribution < 1.29 is 24.5 Å². The van der Waals surface area contributed by atoms with Crippen molar-refractivity contribution in [3.63, 3.8) is 0 Å². The summed E-state index contributed by atoms with van der Waals surface area (Å²) in [6.07, 6.45) is 0. The van der Waals surface area contributed by atoms with Gasteiger partial charge >= 0.3 is 5.97 Å². The number of carboxylic acid groups (broad SMARTS) is 1. The van der Waals surface area contributed by atoms with Crippen LogP contribution in [0.4, 0.5) is 0 Å². The van der Waals surface area contributed by atoms with Crippen molar-refractivity contribution in [3.8, 4) is 0 Å². The fourth-order valence-electron chi connectivity index (χ4n) is 2.79. The number of hydrogen-bond donors (Lipinski definition) is 2. The highest BCUT2D eigenvalue weighted by atomic mass is 16.7. The summed E-state index contributed by atoms with van der Waals surface area (Å²) in [5, 5.41) is 19.4. The van der Waals surface area contributed by atoms with Gasteiger partial charge in [-0.1, -0.05) is 67.6 Å². The molecule has 6 nitrogen and oxygen atoms in total. The second-order valence-corrected chi connectivity index (χ2v) is 6.68. The quantitative estimate of drug-likeness (QED) is 0.193. The largest absolute Gasteiger partial charge is 0.512 e. The van der Waals surface area contributed by atoms with E-state index >= 15 is 0 Å². The van der Waals surface area contributed by atoms with Gasteiger partial charge in [-0.3, -0.25) is 4.99 Å². The predicted octanol–water partition coefficient (Wildman–Crippen LogP) is 4.37. The van der Waals surface area contributed by atoms with Crippen LogP contribution in [0.2, 0.25) is 0 Å². The second kappa shape index (κ2) is 11.8. The van der Waals surface area contributed by atoms with Gasteiger partial charge in [-0.15, -0.1) is 0 Å². The molecule has 0 saturated carbocycles. The molecule has 2 aromatic carbocycles. The average molecular weight is 397 g/mol. The van der Waals surface area contributed by atoms with Crippen LogP contribution in [0.15, 0.2) is 77.0 Å². The lowest BCUT2D eigenvalue weighted by molar-refractivity contribution is -0.132. The van der Waals surface area contributed by atoms with Crippen LogP contribution < -0.4 is 0 Å². The molecule has 0 fully saturated rings. The number of hydrogen-bond acceptors (Lipinski definition) is 5. The van der Waals surface area contributed by atoms with Crippen LogP contribution in [0.1, 0.15) is 25.0 Å². The summed E-state index contributed by atoms with van der Waals surface area (Å²) >= 11 is 0. The molecule has 154 valence electrons. The molecule has 2 aromatic rings. The topological polar surface area (TPSA) is 88.4 Å². The lowest BCUT2D eigenvalue weighted by Gasteiger charge is -2.17. The third-order valence-corrected chi connectivity index (χ3v) is 4.22. The zero-order chi connectivity index (χ0) is 21.1. The fraction of sp³-hybridized carbons (Fsp3) is 0.304. The highest BCUT2D eigenvalue weighted by Crippen LogP contribution is 2.15. The Morgan fingerprint density at radius 2 is 1.55 bits per heavy atom. The standard InChI is InChI=1S/C23H27NO5/c1-17(14-28-16-29-15-20-11-7-4-8-12-20)22(21(18(2)25)23(26)27)24-13-19-9-5-3-6-10-19/h3-12,17,25H,13-16H2,1-2H3,(H,26,27). The van der Waals surface area contributed by atoms with E-state index in [-0.39, 0.29) is 30.6 Å². The Bertz CT molecular complexity index is 827. The van der Waals surface area contributed by atoms with Crippen LogP contribution >= 0.6 is 0 Å². The molecule has 2 N–H and O–H groups in total. The third-order valence-electron chi connectivity index (χ3n) is 4.22.